The first-order valence-electron chi connectivity index (χ1n) is 8.85. The maximum Gasteiger partial charge on any atom is 0.242 e. The maximum absolute atomic E-state index is 12.6. The molecule has 5 nitrogen and oxygen atoms in total. The molecule has 1 aliphatic rings. The third-order valence-corrected chi connectivity index (χ3v) is 4.98. The molecule has 1 heterocycles. The second kappa shape index (κ2) is 7.99. The van der Waals surface area contributed by atoms with Crippen LogP contribution < -0.4 is 10.5 Å². The number of nitrogens with zero attached hydrogens (tertiary/aromatic N) is 2. The molecule has 1 saturated heterocycles. The lowest BCUT2D eigenvalue weighted by molar-refractivity contribution is -0.138. The Morgan fingerprint density at radius 2 is 2.00 bits per heavy atom. The van der Waals surface area contributed by atoms with E-state index in [-0.39, 0.29) is 5.91 Å². The van der Waals surface area contributed by atoms with Gasteiger partial charge in [0, 0.05) is 32.2 Å². The fraction of sp³-hybridized carbons (Fsp3) is 0.632. The Morgan fingerprint density at radius 1 is 1.33 bits per heavy atom. The van der Waals surface area contributed by atoms with Crippen LogP contribution in [0.1, 0.15) is 45.2 Å². The number of piperazine rings is 1. The Labute approximate surface area is 145 Å². The number of ether oxygens (including phenoxy) is 1. The fourth-order valence-electron chi connectivity index (χ4n) is 3.41. The van der Waals surface area contributed by atoms with Gasteiger partial charge in [-0.2, -0.15) is 0 Å². The van der Waals surface area contributed by atoms with E-state index in [9.17, 15) is 4.79 Å². The average Bonchev–Trinajstić information content (AvgIpc) is 2.60. The lowest BCUT2D eigenvalue weighted by Crippen LogP contribution is -2.58. The second-order valence-electron chi connectivity index (χ2n) is 6.95. The minimum atomic E-state index is -0.741. The summed E-state index contributed by atoms with van der Waals surface area (Å²) in [5.74, 6) is 0.963. The summed E-state index contributed by atoms with van der Waals surface area (Å²) in [5, 5.41) is 0. The molecule has 0 bridgehead atoms. The number of rotatable bonds is 6. The van der Waals surface area contributed by atoms with Crippen LogP contribution in [0.4, 0.5) is 0 Å². The van der Waals surface area contributed by atoms with E-state index >= 15 is 0 Å². The van der Waals surface area contributed by atoms with E-state index in [0.717, 1.165) is 44.8 Å². The van der Waals surface area contributed by atoms with Crippen LogP contribution in [-0.4, -0.2) is 54.5 Å². The van der Waals surface area contributed by atoms with E-state index in [1.165, 1.54) is 5.56 Å². The maximum atomic E-state index is 12.6. The normalized spacial score (nSPS) is 19.6. The molecule has 2 rings (SSSR count). The minimum absolute atomic E-state index is 0.0815. The molecule has 1 amide bonds. The summed E-state index contributed by atoms with van der Waals surface area (Å²) >= 11 is 0. The number of nitrogens with two attached hydrogens (primary N) is 1. The van der Waals surface area contributed by atoms with Gasteiger partial charge in [-0.3, -0.25) is 9.69 Å². The Bertz CT molecular complexity index is 551. The van der Waals surface area contributed by atoms with Crippen molar-refractivity contribution in [2.75, 3.05) is 33.3 Å². The molecule has 2 atom stereocenters. The molecular formula is C19H31N3O2. The van der Waals surface area contributed by atoms with E-state index in [4.69, 9.17) is 10.5 Å². The van der Waals surface area contributed by atoms with E-state index < -0.39 is 5.54 Å². The monoisotopic (exact) mass is 333 g/mol. The Kier molecular flexibility index (Phi) is 6.24. The van der Waals surface area contributed by atoms with Gasteiger partial charge in [0.05, 0.1) is 12.6 Å². The zero-order valence-electron chi connectivity index (χ0n) is 15.4. The smallest absolute Gasteiger partial charge is 0.242 e. The van der Waals surface area contributed by atoms with Crippen LogP contribution in [0.3, 0.4) is 0 Å². The summed E-state index contributed by atoms with van der Waals surface area (Å²) < 4.78 is 5.32. The van der Waals surface area contributed by atoms with Crippen LogP contribution in [-0.2, 0) is 4.79 Å². The van der Waals surface area contributed by atoms with Crippen molar-refractivity contribution in [1.29, 1.82) is 0 Å². The Hall–Kier alpha value is -1.59. The molecule has 0 spiro atoms. The highest BCUT2D eigenvalue weighted by atomic mass is 16.5. The highest BCUT2D eigenvalue weighted by molar-refractivity contribution is 5.85. The number of hydrogen-bond acceptors (Lipinski definition) is 4. The van der Waals surface area contributed by atoms with Crippen molar-refractivity contribution in [3.05, 3.63) is 29.8 Å². The first-order chi connectivity index (χ1) is 11.4. The lowest BCUT2D eigenvalue weighted by Gasteiger charge is -2.40. The van der Waals surface area contributed by atoms with Crippen molar-refractivity contribution >= 4 is 5.91 Å². The Balaban J connectivity index is 1.95. The highest BCUT2D eigenvalue weighted by Crippen LogP contribution is 2.25. The van der Waals surface area contributed by atoms with Crippen LogP contribution >= 0.6 is 0 Å². The number of hydrogen-bond donors (Lipinski definition) is 1. The number of amides is 1. The predicted octanol–water partition coefficient (Wildman–Crippen LogP) is 2.42. The molecule has 0 aliphatic carbocycles. The van der Waals surface area contributed by atoms with Gasteiger partial charge in [0.1, 0.15) is 5.75 Å². The number of carbonyl (C=O) groups excluding carboxylic acids is 1. The van der Waals surface area contributed by atoms with Gasteiger partial charge < -0.3 is 15.4 Å². The van der Waals surface area contributed by atoms with Crippen molar-refractivity contribution in [1.82, 2.24) is 9.80 Å². The SMILES string of the molecule is CCCC(C)(N)C(=O)N1CCN(C(C)c2cccc(OC)c2)CC1. The molecule has 0 aromatic heterocycles. The van der Waals surface area contributed by atoms with Gasteiger partial charge in [-0.25, -0.2) is 0 Å². The number of benzene rings is 1. The molecule has 1 fully saturated rings. The molecule has 1 aromatic rings. The van der Waals surface area contributed by atoms with Crippen molar-refractivity contribution in [2.24, 2.45) is 5.73 Å². The summed E-state index contributed by atoms with van der Waals surface area (Å²) in [5.41, 5.74) is 6.70. The van der Waals surface area contributed by atoms with Crippen LogP contribution in [0, 0.1) is 0 Å². The van der Waals surface area contributed by atoms with Crippen LogP contribution in [0.15, 0.2) is 24.3 Å². The second-order valence-corrected chi connectivity index (χ2v) is 6.95. The lowest BCUT2D eigenvalue weighted by atomic mass is 9.95. The number of methoxy groups -OCH3 is 1. The molecule has 1 aliphatic heterocycles. The molecule has 0 radical (unpaired) electrons. The van der Waals surface area contributed by atoms with Crippen LogP contribution in [0.2, 0.25) is 0 Å². The van der Waals surface area contributed by atoms with Gasteiger partial charge in [-0.05, 0) is 38.0 Å². The van der Waals surface area contributed by atoms with Crippen LogP contribution in [0.5, 0.6) is 5.75 Å². The summed E-state index contributed by atoms with van der Waals surface area (Å²) in [4.78, 5) is 16.9. The molecule has 2 unspecified atom stereocenters. The first-order valence-corrected chi connectivity index (χ1v) is 8.85. The third-order valence-electron chi connectivity index (χ3n) is 4.98. The molecule has 1 aromatic carbocycles. The van der Waals surface area contributed by atoms with E-state index in [1.807, 2.05) is 24.0 Å². The summed E-state index contributed by atoms with van der Waals surface area (Å²) in [6.45, 7) is 9.33. The van der Waals surface area contributed by atoms with Gasteiger partial charge in [0.15, 0.2) is 0 Å². The van der Waals surface area contributed by atoms with Crippen LogP contribution in [0.25, 0.3) is 0 Å². The van der Waals surface area contributed by atoms with Gasteiger partial charge in [0.2, 0.25) is 5.91 Å². The predicted molar refractivity (Wildman–Crippen MR) is 97.1 cm³/mol. The van der Waals surface area contributed by atoms with Crippen molar-refractivity contribution in [2.45, 2.75) is 45.2 Å². The summed E-state index contributed by atoms with van der Waals surface area (Å²) in [6.07, 6.45) is 1.65. The molecule has 134 valence electrons. The van der Waals surface area contributed by atoms with E-state index in [2.05, 4.69) is 30.9 Å². The standard InChI is InChI=1S/C19H31N3O2/c1-5-9-19(3,20)18(23)22-12-10-21(11-13-22)15(2)16-7-6-8-17(14-16)24-4/h6-8,14-15H,5,9-13,20H2,1-4H3. The molecule has 5 heteroatoms. The fourth-order valence-corrected chi connectivity index (χ4v) is 3.41. The number of carbonyl (C=O) groups is 1. The molecule has 2 N–H and O–H groups in total. The molecule has 24 heavy (non-hydrogen) atoms. The van der Waals surface area contributed by atoms with Crippen molar-refractivity contribution in [3.63, 3.8) is 0 Å². The topological polar surface area (TPSA) is 58.8 Å². The zero-order chi connectivity index (χ0) is 17.7. The van der Waals surface area contributed by atoms with Gasteiger partial charge in [0.25, 0.3) is 0 Å². The Morgan fingerprint density at radius 3 is 2.58 bits per heavy atom. The largest absolute Gasteiger partial charge is 0.497 e. The van der Waals surface area contributed by atoms with Crippen molar-refractivity contribution in [3.8, 4) is 5.75 Å². The summed E-state index contributed by atoms with van der Waals surface area (Å²) in [7, 11) is 1.69. The molecular weight excluding hydrogens is 302 g/mol. The molecule has 0 saturated carbocycles. The summed E-state index contributed by atoms with van der Waals surface area (Å²) in [6, 6.07) is 8.50. The first kappa shape index (κ1) is 18.7. The van der Waals surface area contributed by atoms with E-state index in [1.54, 1.807) is 7.11 Å². The third kappa shape index (κ3) is 4.28. The average molecular weight is 333 g/mol. The quantitative estimate of drug-likeness (QED) is 0.868. The minimum Gasteiger partial charge on any atom is -0.497 e. The highest BCUT2D eigenvalue weighted by Gasteiger charge is 2.34. The van der Waals surface area contributed by atoms with Crippen molar-refractivity contribution < 1.29 is 9.53 Å². The van der Waals surface area contributed by atoms with E-state index in [0.29, 0.717) is 6.04 Å². The van der Waals surface area contributed by atoms with Gasteiger partial charge in [-0.15, -0.1) is 0 Å². The zero-order valence-corrected chi connectivity index (χ0v) is 15.4. The van der Waals surface area contributed by atoms with Gasteiger partial charge >= 0.3 is 0 Å². The van der Waals surface area contributed by atoms with Gasteiger partial charge in [-0.1, -0.05) is 25.5 Å².